The fourth-order valence-electron chi connectivity index (χ4n) is 3.67. The van der Waals surface area contributed by atoms with Crippen LogP contribution in [0.2, 0.25) is 0 Å². The van der Waals surface area contributed by atoms with Crippen LogP contribution in [0.5, 0.6) is 6.01 Å². The summed E-state index contributed by atoms with van der Waals surface area (Å²) in [5, 5.41) is 8.12. The molecule has 1 N–H and O–H groups in total. The minimum atomic E-state index is -2.58. The monoisotopic (exact) mass is 516 g/mol. The van der Waals surface area contributed by atoms with Gasteiger partial charge in [-0.25, -0.2) is 28.7 Å². The molecule has 0 amide bonds. The van der Waals surface area contributed by atoms with Gasteiger partial charge in [-0.2, -0.15) is 9.67 Å². The van der Waals surface area contributed by atoms with Gasteiger partial charge in [-0.1, -0.05) is 0 Å². The molecule has 1 aromatic carbocycles. The van der Waals surface area contributed by atoms with Crippen molar-refractivity contribution in [2.45, 2.75) is 38.2 Å². The second kappa shape index (κ2) is 8.58. The standard InChI is InChI=1S/C21H19BrF2N8O/c1-10(19-30-21(33-2)31-32(19)20-25-7-13(22)8-26-20)29-18-15-6-12(17(23)24)5-14(11-3-4-11)16(15)27-9-28-18/h5-11,17H,3-4H2,1-2H3,(H,27,28,29)/t10-/m0/s1. The lowest BCUT2D eigenvalue weighted by atomic mass is 10.0. The Morgan fingerprint density at radius 1 is 1.15 bits per heavy atom. The van der Waals surface area contributed by atoms with Gasteiger partial charge in [0, 0.05) is 23.3 Å². The molecule has 0 radical (unpaired) electrons. The van der Waals surface area contributed by atoms with Crippen molar-refractivity contribution in [1.29, 1.82) is 0 Å². The molecule has 3 heterocycles. The molecule has 1 fully saturated rings. The third-order valence-electron chi connectivity index (χ3n) is 5.39. The zero-order chi connectivity index (χ0) is 23.1. The Labute approximate surface area is 195 Å². The zero-order valence-electron chi connectivity index (χ0n) is 17.7. The molecule has 1 atom stereocenters. The maximum Gasteiger partial charge on any atom is 0.335 e. The highest BCUT2D eigenvalue weighted by Gasteiger charge is 2.29. The molecular formula is C21H19BrF2N8O. The average Bonchev–Trinajstić information content (AvgIpc) is 3.57. The van der Waals surface area contributed by atoms with Gasteiger partial charge in [-0.3, -0.25) is 0 Å². The molecule has 170 valence electrons. The molecule has 12 heteroatoms. The van der Waals surface area contributed by atoms with E-state index in [1.54, 1.807) is 18.5 Å². The van der Waals surface area contributed by atoms with E-state index in [1.807, 2.05) is 6.92 Å². The van der Waals surface area contributed by atoms with Crippen LogP contribution in [0, 0.1) is 0 Å². The van der Waals surface area contributed by atoms with Crippen molar-refractivity contribution >= 4 is 32.7 Å². The van der Waals surface area contributed by atoms with Crippen LogP contribution in [0.15, 0.2) is 35.3 Å². The fourth-order valence-corrected chi connectivity index (χ4v) is 3.87. The number of hydrogen-bond donors (Lipinski definition) is 1. The molecule has 9 nitrogen and oxygen atoms in total. The summed E-state index contributed by atoms with van der Waals surface area (Å²) in [5.74, 6) is 1.46. The number of aromatic nitrogens is 7. The first-order valence-corrected chi connectivity index (χ1v) is 11.1. The van der Waals surface area contributed by atoms with E-state index in [9.17, 15) is 8.78 Å². The number of halogens is 3. The Balaban J connectivity index is 1.55. The van der Waals surface area contributed by atoms with Gasteiger partial charge in [0.1, 0.15) is 12.1 Å². The third-order valence-corrected chi connectivity index (χ3v) is 5.80. The van der Waals surface area contributed by atoms with Gasteiger partial charge in [0.2, 0.25) is 0 Å². The SMILES string of the molecule is COc1nc([C@H](C)Nc2ncnc3c(C4CC4)cc(C(F)F)cc23)n(-c2ncc(Br)cn2)n1. The van der Waals surface area contributed by atoms with Crippen LogP contribution >= 0.6 is 15.9 Å². The van der Waals surface area contributed by atoms with Gasteiger partial charge in [0.25, 0.3) is 12.4 Å². The molecule has 0 aliphatic heterocycles. The number of rotatable bonds is 7. The van der Waals surface area contributed by atoms with Crippen molar-refractivity contribution in [1.82, 2.24) is 34.7 Å². The van der Waals surface area contributed by atoms with E-state index in [4.69, 9.17) is 4.74 Å². The molecule has 3 aromatic heterocycles. The summed E-state index contributed by atoms with van der Waals surface area (Å²) in [6, 6.07) is 2.72. The van der Waals surface area contributed by atoms with Gasteiger partial charge < -0.3 is 10.1 Å². The molecule has 0 unspecified atom stereocenters. The molecule has 33 heavy (non-hydrogen) atoms. The lowest BCUT2D eigenvalue weighted by Gasteiger charge is -2.17. The van der Waals surface area contributed by atoms with Crippen LogP contribution in [-0.2, 0) is 0 Å². The summed E-state index contributed by atoms with van der Waals surface area (Å²) < 4.78 is 34.6. The van der Waals surface area contributed by atoms with Crippen LogP contribution in [-0.4, -0.2) is 41.8 Å². The van der Waals surface area contributed by atoms with E-state index in [0.29, 0.717) is 28.5 Å². The zero-order valence-corrected chi connectivity index (χ0v) is 19.3. The van der Waals surface area contributed by atoms with Crippen LogP contribution in [0.4, 0.5) is 14.6 Å². The van der Waals surface area contributed by atoms with Crippen molar-refractivity contribution < 1.29 is 13.5 Å². The Bertz CT molecular complexity index is 1310. The molecule has 5 rings (SSSR count). The summed E-state index contributed by atoms with van der Waals surface area (Å²) in [5.41, 5.74) is 1.49. The number of benzene rings is 1. The summed E-state index contributed by atoms with van der Waals surface area (Å²) in [4.78, 5) is 21.7. The predicted octanol–water partition coefficient (Wildman–Crippen LogP) is 4.76. The first-order valence-electron chi connectivity index (χ1n) is 10.3. The van der Waals surface area contributed by atoms with E-state index in [2.05, 4.69) is 51.3 Å². The lowest BCUT2D eigenvalue weighted by molar-refractivity contribution is 0.151. The molecule has 1 aliphatic carbocycles. The van der Waals surface area contributed by atoms with Crippen LogP contribution < -0.4 is 10.1 Å². The normalized spacial score (nSPS) is 14.6. The largest absolute Gasteiger partial charge is 0.466 e. The lowest BCUT2D eigenvalue weighted by Crippen LogP contribution is -2.16. The number of nitrogens with zero attached hydrogens (tertiary/aromatic N) is 7. The number of alkyl halides is 2. The second-order valence-electron chi connectivity index (χ2n) is 7.74. The molecule has 1 aliphatic rings. The van der Waals surface area contributed by atoms with Gasteiger partial charge in [0.15, 0.2) is 5.82 Å². The maximum absolute atomic E-state index is 13.6. The highest BCUT2D eigenvalue weighted by atomic mass is 79.9. The van der Waals surface area contributed by atoms with Crippen LogP contribution in [0.3, 0.4) is 0 Å². The molecular weight excluding hydrogens is 498 g/mol. The predicted molar refractivity (Wildman–Crippen MR) is 120 cm³/mol. The smallest absolute Gasteiger partial charge is 0.335 e. The minimum Gasteiger partial charge on any atom is -0.466 e. The van der Waals surface area contributed by atoms with E-state index in [-0.39, 0.29) is 17.5 Å². The van der Waals surface area contributed by atoms with E-state index >= 15 is 0 Å². The van der Waals surface area contributed by atoms with Gasteiger partial charge in [0.05, 0.1) is 23.1 Å². The Morgan fingerprint density at radius 2 is 1.91 bits per heavy atom. The van der Waals surface area contributed by atoms with Crippen molar-refractivity contribution in [2.24, 2.45) is 0 Å². The Morgan fingerprint density at radius 3 is 2.58 bits per heavy atom. The van der Waals surface area contributed by atoms with E-state index in [0.717, 1.165) is 22.9 Å². The molecule has 0 bridgehead atoms. The summed E-state index contributed by atoms with van der Waals surface area (Å²) >= 11 is 3.31. The Hall–Kier alpha value is -3.28. The first-order chi connectivity index (χ1) is 15.9. The molecule has 1 saturated carbocycles. The van der Waals surface area contributed by atoms with E-state index < -0.39 is 12.5 Å². The summed E-state index contributed by atoms with van der Waals surface area (Å²) in [6.45, 7) is 1.85. The molecule has 4 aromatic rings. The van der Waals surface area contributed by atoms with Gasteiger partial charge >= 0.3 is 6.01 Å². The highest BCUT2D eigenvalue weighted by molar-refractivity contribution is 9.10. The van der Waals surface area contributed by atoms with Gasteiger partial charge in [-0.05, 0) is 59.3 Å². The number of methoxy groups -OCH3 is 1. The summed E-state index contributed by atoms with van der Waals surface area (Å²) in [6.07, 6.45) is 4.00. The number of ether oxygens (including phenoxy) is 1. The third kappa shape index (κ3) is 4.22. The summed E-state index contributed by atoms with van der Waals surface area (Å²) in [7, 11) is 1.47. The van der Waals surface area contributed by atoms with E-state index in [1.165, 1.54) is 24.2 Å². The van der Waals surface area contributed by atoms with Crippen molar-refractivity contribution in [3.05, 3.63) is 52.3 Å². The van der Waals surface area contributed by atoms with Crippen molar-refractivity contribution in [3.8, 4) is 12.0 Å². The number of fused-ring (bicyclic) bond motifs is 1. The van der Waals surface area contributed by atoms with Gasteiger partial charge in [-0.15, -0.1) is 5.10 Å². The average molecular weight is 517 g/mol. The number of hydrogen-bond acceptors (Lipinski definition) is 8. The molecule has 0 saturated heterocycles. The van der Waals surface area contributed by atoms with Crippen molar-refractivity contribution in [3.63, 3.8) is 0 Å². The van der Waals surface area contributed by atoms with Crippen LogP contribution in [0.1, 0.15) is 55.1 Å². The quantitative estimate of drug-likeness (QED) is 0.375. The van der Waals surface area contributed by atoms with Crippen molar-refractivity contribution in [2.75, 3.05) is 12.4 Å². The maximum atomic E-state index is 13.6. The second-order valence-corrected chi connectivity index (χ2v) is 8.66. The molecule has 0 spiro atoms. The number of anilines is 1. The fraction of sp³-hybridized carbons (Fsp3) is 0.333. The first kappa shape index (κ1) is 21.6. The topological polar surface area (TPSA) is 104 Å². The Kier molecular flexibility index (Phi) is 5.60. The van der Waals surface area contributed by atoms with Crippen LogP contribution in [0.25, 0.3) is 16.9 Å². The number of nitrogens with one attached hydrogen (secondary N) is 1. The minimum absolute atomic E-state index is 0.0389. The highest BCUT2D eigenvalue weighted by Crippen LogP contribution is 2.44.